The molecule has 2 N–H and O–H groups in total. The van der Waals surface area contributed by atoms with Gasteiger partial charge in [0.25, 0.3) is 0 Å². The highest BCUT2D eigenvalue weighted by molar-refractivity contribution is 9.10. The fraction of sp³-hybridized carbons (Fsp3) is 0.625. The molecule has 0 bridgehead atoms. The van der Waals surface area contributed by atoms with Crippen LogP contribution < -0.4 is 10.6 Å². The van der Waals surface area contributed by atoms with Gasteiger partial charge in [0.15, 0.2) is 0 Å². The van der Waals surface area contributed by atoms with Crippen molar-refractivity contribution >= 4 is 21.6 Å². The first-order valence-electron chi connectivity index (χ1n) is 7.41. The second-order valence-electron chi connectivity index (χ2n) is 5.08. The van der Waals surface area contributed by atoms with Crippen LogP contribution in [-0.2, 0) is 6.42 Å². The maximum Gasteiger partial charge on any atom is 0.0410 e. The first-order valence-corrected chi connectivity index (χ1v) is 8.20. The molecule has 0 aromatic heterocycles. The van der Waals surface area contributed by atoms with Crippen molar-refractivity contribution in [2.24, 2.45) is 5.73 Å². The molecule has 19 heavy (non-hydrogen) atoms. The topological polar surface area (TPSA) is 29.3 Å². The Morgan fingerprint density at radius 2 is 2.00 bits per heavy atom. The SMILES string of the molecule is CCCCN(CC)c1cc(Br)ccc1CC(N)CC. The van der Waals surface area contributed by atoms with Gasteiger partial charge in [-0.05, 0) is 43.9 Å². The molecule has 0 radical (unpaired) electrons. The molecule has 0 saturated carbocycles. The van der Waals surface area contributed by atoms with Crippen molar-refractivity contribution in [1.29, 1.82) is 0 Å². The molecular weight excluding hydrogens is 300 g/mol. The number of unbranched alkanes of at least 4 members (excludes halogenated alkanes) is 1. The fourth-order valence-corrected chi connectivity index (χ4v) is 2.58. The van der Waals surface area contributed by atoms with Crippen LogP contribution in [0.3, 0.4) is 0 Å². The highest BCUT2D eigenvalue weighted by atomic mass is 79.9. The molecule has 108 valence electrons. The van der Waals surface area contributed by atoms with Gasteiger partial charge in [-0.3, -0.25) is 0 Å². The molecular formula is C16H27BrN2. The summed E-state index contributed by atoms with van der Waals surface area (Å²) in [7, 11) is 0. The summed E-state index contributed by atoms with van der Waals surface area (Å²) in [5, 5.41) is 0. The molecule has 1 rings (SSSR count). The minimum atomic E-state index is 0.254. The number of rotatable bonds is 8. The summed E-state index contributed by atoms with van der Waals surface area (Å²) in [6.45, 7) is 8.78. The summed E-state index contributed by atoms with van der Waals surface area (Å²) in [4.78, 5) is 2.46. The van der Waals surface area contributed by atoms with E-state index in [1.54, 1.807) is 0 Å². The molecule has 0 fully saturated rings. The molecule has 0 saturated heterocycles. The van der Waals surface area contributed by atoms with Gasteiger partial charge in [0.05, 0.1) is 0 Å². The quantitative estimate of drug-likeness (QED) is 0.769. The number of benzene rings is 1. The molecule has 0 amide bonds. The van der Waals surface area contributed by atoms with Crippen LogP contribution in [0.25, 0.3) is 0 Å². The molecule has 3 heteroatoms. The summed E-state index contributed by atoms with van der Waals surface area (Å²) in [6.07, 6.45) is 4.45. The van der Waals surface area contributed by atoms with Crippen molar-refractivity contribution < 1.29 is 0 Å². The van der Waals surface area contributed by atoms with Crippen LogP contribution >= 0.6 is 15.9 Å². The van der Waals surface area contributed by atoms with Crippen molar-refractivity contribution in [3.05, 3.63) is 28.2 Å². The first kappa shape index (κ1) is 16.5. The number of halogens is 1. The molecule has 1 unspecified atom stereocenters. The average molecular weight is 327 g/mol. The maximum atomic E-state index is 6.12. The van der Waals surface area contributed by atoms with E-state index in [9.17, 15) is 0 Å². The van der Waals surface area contributed by atoms with Gasteiger partial charge in [-0.15, -0.1) is 0 Å². The zero-order valence-electron chi connectivity index (χ0n) is 12.5. The summed E-state index contributed by atoms with van der Waals surface area (Å²) >= 11 is 3.59. The Balaban J connectivity index is 2.96. The molecule has 0 aliphatic rings. The van der Waals surface area contributed by atoms with Gasteiger partial charge in [0, 0.05) is 29.3 Å². The molecule has 0 heterocycles. The van der Waals surface area contributed by atoms with Gasteiger partial charge in [-0.25, -0.2) is 0 Å². The second kappa shape index (κ2) is 8.60. The van der Waals surface area contributed by atoms with Gasteiger partial charge in [-0.1, -0.05) is 42.3 Å². The molecule has 0 aliphatic heterocycles. The second-order valence-corrected chi connectivity index (χ2v) is 5.99. The average Bonchev–Trinajstić information content (AvgIpc) is 2.42. The minimum absolute atomic E-state index is 0.254. The highest BCUT2D eigenvalue weighted by Gasteiger charge is 2.12. The number of nitrogens with zero attached hydrogens (tertiary/aromatic N) is 1. The Morgan fingerprint density at radius 3 is 2.58 bits per heavy atom. The standard InChI is InChI=1S/C16H27BrN2/c1-4-7-10-19(6-3)16-12-14(17)9-8-13(16)11-15(18)5-2/h8-9,12,15H,4-7,10-11,18H2,1-3H3. The first-order chi connectivity index (χ1) is 9.12. The van der Waals surface area contributed by atoms with Gasteiger partial charge < -0.3 is 10.6 Å². The van der Waals surface area contributed by atoms with Crippen LogP contribution in [0.4, 0.5) is 5.69 Å². The van der Waals surface area contributed by atoms with E-state index < -0.39 is 0 Å². The van der Waals surface area contributed by atoms with E-state index in [1.165, 1.54) is 24.1 Å². The van der Waals surface area contributed by atoms with E-state index in [0.717, 1.165) is 30.4 Å². The van der Waals surface area contributed by atoms with Gasteiger partial charge in [-0.2, -0.15) is 0 Å². The predicted octanol–water partition coefficient (Wildman–Crippen LogP) is 4.36. The normalized spacial score (nSPS) is 12.5. The Bertz CT molecular complexity index is 379. The number of hydrogen-bond donors (Lipinski definition) is 1. The third-order valence-corrected chi connectivity index (χ3v) is 4.05. The minimum Gasteiger partial charge on any atom is -0.372 e. The number of hydrogen-bond acceptors (Lipinski definition) is 2. The summed E-state index contributed by atoms with van der Waals surface area (Å²) in [5.74, 6) is 0. The van der Waals surface area contributed by atoms with Gasteiger partial charge in [0.2, 0.25) is 0 Å². The zero-order valence-corrected chi connectivity index (χ0v) is 14.0. The van der Waals surface area contributed by atoms with Crippen LogP contribution in [0, 0.1) is 0 Å². The van der Waals surface area contributed by atoms with Gasteiger partial charge >= 0.3 is 0 Å². The van der Waals surface area contributed by atoms with E-state index in [4.69, 9.17) is 5.73 Å². The van der Waals surface area contributed by atoms with E-state index in [2.05, 4.69) is 59.8 Å². The van der Waals surface area contributed by atoms with Crippen LogP contribution in [-0.4, -0.2) is 19.1 Å². The van der Waals surface area contributed by atoms with Crippen molar-refractivity contribution in [2.45, 2.75) is 52.5 Å². The number of anilines is 1. The maximum absolute atomic E-state index is 6.12. The molecule has 0 aliphatic carbocycles. The molecule has 2 nitrogen and oxygen atoms in total. The monoisotopic (exact) mass is 326 g/mol. The zero-order chi connectivity index (χ0) is 14.3. The third-order valence-electron chi connectivity index (χ3n) is 3.56. The lowest BCUT2D eigenvalue weighted by Gasteiger charge is -2.27. The number of nitrogens with two attached hydrogens (primary N) is 1. The molecule has 1 atom stereocenters. The lowest BCUT2D eigenvalue weighted by molar-refractivity contribution is 0.642. The Kier molecular flexibility index (Phi) is 7.47. The summed E-state index contributed by atoms with van der Waals surface area (Å²) in [6, 6.07) is 6.82. The lowest BCUT2D eigenvalue weighted by Crippen LogP contribution is -2.27. The van der Waals surface area contributed by atoms with Crippen molar-refractivity contribution in [3.63, 3.8) is 0 Å². The van der Waals surface area contributed by atoms with E-state index in [1.807, 2.05) is 0 Å². The Morgan fingerprint density at radius 1 is 1.26 bits per heavy atom. The van der Waals surface area contributed by atoms with Crippen LogP contribution in [0.15, 0.2) is 22.7 Å². The molecule has 0 spiro atoms. The lowest BCUT2D eigenvalue weighted by atomic mass is 10.0. The van der Waals surface area contributed by atoms with Crippen molar-refractivity contribution in [1.82, 2.24) is 0 Å². The third kappa shape index (κ3) is 5.15. The van der Waals surface area contributed by atoms with Crippen molar-refractivity contribution in [2.75, 3.05) is 18.0 Å². The van der Waals surface area contributed by atoms with Crippen LogP contribution in [0.5, 0.6) is 0 Å². The predicted molar refractivity (Wildman–Crippen MR) is 88.9 cm³/mol. The van der Waals surface area contributed by atoms with E-state index >= 15 is 0 Å². The molecule has 1 aromatic rings. The fourth-order valence-electron chi connectivity index (χ4n) is 2.23. The van der Waals surface area contributed by atoms with Crippen molar-refractivity contribution in [3.8, 4) is 0 Å². The molecule has 1 aromatic carbocycles. The highest BCUT2D eigenvalue weighted by Crippen LogP contribution is 2.27. The van der Waals surface area contributed by atoms with Crippen LogP contribution in [0.2, 0.25) is 0 Å². The van der Waals surface area contributed by atoms with Gasteiger partial charge in [0.1, 0.15) is 0 Å². The smallest absolute Gasteiger partial charge is 0.0410 e. The summed E-state index contributed by atoms with van der Waals surface area (Å²) in [5.41, 5.74) is 8.84. The van der Waals surface area contributed by atoms with Crippen LogP contribution in [0.1, 0.15) is 45.6 Å². The largest absolute Gasteiger partial charge is 0.372 e. The van der Waals surface area contributed by atoms with E-state index in [0.29, 0.717) is 0 Å². The summed E-state index contributed by atoms with van der Waals surface area (Å²) < 4.78 is 1.14. The Hall–Kier alpha value is -0.540. The van der Waals surface area contributed by atoms with E-state index in [-0.39, 0.29) is 6.04 Å². The Labute approximate surface area is 126 Å².